The van der Waals surface area contributed by atoms with Crippen molar-refractivity contribution >= 4 is 23.4 Å². The van der Waals surface area contributed by atoms with Crippen LogP contribution in [-0.4, -0.2) is 27.4 Å². The maximum Gasteiger partial charge on any atom is 0.310 e. The zero-order valence-electron chi connectivity index (χ0n) is 9.14. The maximum absolute atomic E-state index is 11.2. The summed E-state index contributed by atoms with van der Waals surface area (Å²) in [5, 5.41) is 16.7. The Hall–Kier alpha value is -1.23. The third kappa shape index (κ3) is 1.75. The molecular formula is C10H14ClN3O2. The molecule has 0 aliphatic carbocycles. The molecule has 5 nitrogen and oxygen atoms in total. The van der Waals surface area contributed by atoms with E-state index in [1.807, 2.05) is 13.8 Å². The summed E-state index contributed by atoms with van der Waals surface area (Å²) in [6.07, 6.45) is 0. The Bertz CT molecular complexity index is 416. The fourth-order valence-electron chi connectivity index (χ4n) is 2.21. The molecule has 2 N–H and O–H groups in total. The van der Waals surface area contributed by atoms with Crippen molar-refractivity contribution in [3.8, 4) is 0 Å². The Morgan fingerprint density at radius 3 is 3.00 bits per heavy atom. The zero-order chi connectivity index (χ0) is 11.9. The van der Waals surface area contributed by atoms with Crippen molar-refractivity contribution in [2.24, 2.45) is 11.8 Å². The van der Waals surface area contributed by atoms with Gasteiger partial charge in [-0.3, -0.25) is 4.79 Å². The number of nitrogens with one attached hydrogen (secondary N) is 1. The summed E-state index contributed by atoms with van der Waals surface area (Å²) in [7, 11) is 0. The van der Waals surface area contributed by atoms with Crippen LogP contribution in [-0.2, 0) is 4.79 Å². The van der Waals surface area contributed by atoms with Crippen molar-refractivity contribution in [1.82, 2.24) is 9.78 Å². The molecule has 0 saturated carbocycles. The second-order valence-corrected chi connectivity index (χ2v) is 4.74. The average Bonchev–Trinajstić information content (AvgIpc) is 2.55. The van der Waals surface area contributed by atoms with Gasteiger partial charge >= 0.3 is 5.97 Å². The minimum Gasteiger partial charge on any atom is -0.481 e. The van der Waals surface area contributed by atoms with E-state index in [2.05, 4.69) is 10.4 Å². The van der Waals surface area contributed by atoms with Gasteiger partial charge in [-0.05, 0) is 5.92 Å². The van der Waals surface area contributed by atoms with Crippen molar-refractivity contribution in [3.05, 3.63) is 11.2 Å². The average molecular weight is 244 g/mol. The first-order chi connectivity index (χ1) is 7.50. The van der Waals surface area contributed by atoms with Crippen LogP contribution in [0.1, 0.15) is 19.9 Å². The van der Waals surface area contributed by atoms with Crippen LogP contribution >= 0.6 is 11.6 Å². The molecule has 0 amide bonds. The lowest BCUT2D eigenvalue weighted by Gasteiger charge is -2.33. The first-order valence-corrected chi connectivity index (χ1v) is 5.60. The highest BCUT2D eigenvalue weighted by Crippen LogP contribution is 2.34. The zero-order valence-corrected chi connectivity index (χ0v) is 9.90. The van der Waals surface area contributed by atoms with Gasteiger partial charge in [0.2, 0.25) is 0 Å². The number of carbonyl (C=O) groups is 1. The molecule has 2 unspecified atom stereocenters. The van der Waals surface area contributed by atoms with E-state index in [4.69, 9.17) is 11.6 Å². The Morgan fingerprint density at radius 2 is 2.44 bits per heavy atom. The SMILES string of the molecule is CC(C)C1C(C(=O)O)CNc2cc(Cl)nn21. The first-order valence-electron chi connectivity index (χ1n) is 5.22. The molecule has 0 spiro atoms. The highest BCUT2D eigenvalue weighted by molar-refractivity contribution is 6.29. The molecular weight excluding hydrogens is 230 g/mol. The van der Waals surface area contributed by atoms with Crippen molar-refractivity contribution in [1.29, 1.82) is 0 Å². The van der Waals surface area contributed by atoms with E-state index in [-0.39, 0.29) is 12.0 Å². The number of rotatable bonds is 2. The number of halogens is 1. The fourth-order valence-corrected chi connectivity index (χ4v) is 2.39. The van der Waals surface area contributed by atoms with Crippen molar-refractivity contribution < 1.29 is 9.90 Å². The molecule has 0 bridgehead atoms. The van der Waals surface area contributed by atoms with Crippen LogP contribution in [0.4, 0.5) is 5.82 Å². The Kier molecular flexibility index (Phi) is 2.80. The number of fused-ring (bicyclic) bond motifs is 1. The monoisotopic (exact) mass is 243 g/mol. The minimum atomic E-state index is -0.802. The van der Waals surface area contributed by atoms with Gasteiger partial charge in [0.1, 0.15) is 5.82 Å². The van der Waals surface area contributed by atoms with Crippen LogP contribution in [0.25, 0.3) is 0 Å². The minimum absolute atomic E-state index is 0.152. The molecule has 88 valence electrons. The number of carboxylic acid groups (broad SMARTS) is 1. The normalized spacial score (nSPS) is 24.0. The molecule has 2 atom stereocenters. The topological polar surface area (TPSA) is 67.2 Å². The van der Waals surface area contributed by atoms with Crippen LogP contribution < -0.4 is 5.32 Å². The summed E-state index contributed by atoms with van der Waals surface area (Å²) in [6, 6.07) is 1.57. The lowest BCUT2D eigenvalue weighted by Crippen LogP contribution is -2.40. The standard InChI is InChI=1S/C10H14ClN3O2/c1-5(2)9-6(10(15)16)4-12-8-3-7(11)13-14(8)9/h3,5-6,9,12H,4H2,1-2H3,(H,15,16). The lowest BCUT2D eigenvalue weighted by atomic mass is 9.89. The quantitative estimate of drug-likeness (QED) is 0.832. The molecule has 2 rings (SSSR count). The Morgan fingerprint density at radius 1 is 1.75 bits per heavy atom. The third-order valence-electron chi connectivity index (χ3n) is 2.90. The van der Waals surface area contributed by atoms with Gasteiger partial charge in [0.05, 0.1) is 12.0 Å². The third-order valence-corrected chi connectivity index (χ3v) is 3.09. The van der Waals surface area contributed by atoms with E-state index in [9.17, 15) is 9.90 Å². The summed E-state index contributed by atoms with van der Waals surface area (Å²) in [5.41, 5.74) is 0. The maximum atomic E-state index is 11.2. The molecule has 0 aromatic carbocycles. The molecule has 1 aromatic rings. The molecule has 1 aromatic heterocycles. The van der Waals surface area contributed by atoms with E-state index >= 15 is 0 Å². The van der Waals surface area contributed by atoms with E-state index in [1.165, 1.54) is 0 Å². The fraction of sp³-hybridized carbons (Fsp3) is 0.600. The van der Waals surface area contributed by atoms with Gasteiger partial charge in [0, 0.05) is 12.6 Å². The van der Waals surface area contributed by atoms with Gasteiger partial charge in [-0.2, -0.15) is 5.10 Å². The van der Waals surface area contributed by atoms with E-state index < -0.39 is 11.9 Å². The van der Waals surface area contributed by atoms with Crippen LogP contribution in [0.15, 0.2) is 6.07 Å². The molecule has 6 heteroatoms. The van der Waals surface area contributed by atoms with Crippen LogP contribution in [0.5, 0.6) is 0 Å². The molecule has 0 radical (unpaired) electrons. The number of aromatic nitrogens is 2. The number of anilines is 1. The molecule has 2 heterocycles. The summed E-state index contributed by atoms with van der Waals surface area (Å²) in [6.45, 7) is 4.40. The number of hydrogen-bond acceptors (Lipinski definition) is 3. The summed E-state index contributed by atoms with van der Waals surface area (Å²) >= 11 is 5.83. The summed E-state index contributed by atoms with van der Waals surface area (Å²) < 4.78 is 1.69. The second-order valence-electron chi connectivity index (χ2n) is 4.36. The number of nitrogens with zero attached hydrogens (tertiary/aromatic N) is 2. The van der Waals surface area contributed by atoms with Crippen LogP contribution in [0, 0.1) is 11.8 Å². The summed E-state index contributed by atoms with van der Waals surface area (Å²) in [4.78, 5) is 11.2. The Labute approximate surface area is 98.4 Å². The lowest BCUT2D eigenvalue weighted by molar-refractivity contribution is -0.143. The number of carboxylic acids is 1. The Balaban J connectivity index is 2.42. The highest BCUT2D eigenvalue weighted by Gasteiger charge is 2.37. The molecule has 1 aliphatic rings. The van der Waals surface area contributed by atoms with E-state index in [1.54, 1.807) is 10.7 Å². The predicted molar refractivity (Wildman–Crippen MR) is 60.7 cm³/mol. The van der Waals surface area contributed by atoms with Crippen molar-refractivity contribution in [2.75, 3.05) is 11.9 Å². The summed E-state index contributed by atoms with van der Waals surface area (Å²) in [5.74, 6) is -0.286. The number of hydrogen-bond donors (Lipinski definition) is 2. The van der Waals surface area contributed by atoms with Crippen molar-refractivity contribution in [2.45, 2.75) is 19.9 Å². The smallest absolute Gasteiger partial charge is 0.310 e. The van der Waals surface area contributed by atoms with Crippen LogP contribution in [0.2, 0.25) is 5.15 Å². The van der Waals surface area contributed by atoms with E-state index in [0.29, 0.717) is 11.7 Å². The van der Waals surface area contributed by atoms with Gasteiger partial charge in [0.15, 0.2) is 5.15 Å². The van der Waals surface area contributed by atoms with Gasteiger partial charge in [0.25, 0.3) is 0 Å². The molecule has 0 saturated heterocycles. The molecule has 1 aliphatic heterocycles. The first kappa shape index (κ1) is 11.3. The van der Waals surface area contributed by atoms with Gasteiger partial charge in [-0.1, -0.05) is 25.4 Å². The second kappa shape index (κ2) is 3.97. The number of aliphatic carboxylic acids is 1. The largest absolute Gasteiger partial charge is 0.481 e. The molecule has 16 heavy (non-hydrogen) atoms. The highest BCUT2D eigenvalue weighted by atomic mass is 35.5. The van der Waals surface area contributed by atoms with Gasteiger partial charge < -0.3 is 10.4 Å². The van der Waals surface area contributed by atoms with Gasteiger partial charge in [-0.25, -0.2) is 4.68 Å². The predicted octanol–water partition coefficient (Wildman–Crippen LogP) is 1.86. The van der Waals surface area contributed by atoms with E-state index in [0.717, 1.165) is 5.82 Å². The van der Waals surface area contributed by atoms with Crippen molar-refractivity contribution in [3.63, 3.8) is 0 Å². The van der Waals surface area contributed by atoms with Gasteiger partial charge in [-0.15, -0.1) is 0 Å². The van der Waals surface area contributed by atoms with Crippen LogP contribution in [0.3, 0.4) is 0 Å². The molecule has 0 fully saturated rings.